The van der Waals surface area contributed by atoms with E-state index in [9.17, 15) is 9.59 Å². The third-order valence-electron chi connectivity index (χ3n) is 3.29. The number of hydrogen-bond donors (Lipinski definition) is 0. The van der Waals surface area contributed by atoms with Crippen LogP contribution >= 0.6 is 27.3 Å². The molecule has 9 heteroatoms. The van der Waals surface area contributed by atoms with Gasteiger partial charge in [0, 0.05) is 4.47 Å². The monoisotopic (exact) mass is 426 g/mol. The van der Waals surface area contributed by atoms with Crippen molar-refractivity contribution in [1.29, 1.82) is 0 Å². The summed E-state index contributed by atoms with van der Waals surface area (Å²) in [6.45, 7) is 2.70. The number of aromatic nitrogens is 1. The van der Waals surface area contributed by atoms with Crippen LogP contribution in [0.2, 0.25) is 0 Å². The lowest BCUT2D eigenvalue weighted by Crippen LogP contribution is -2.24. The molecule has 0 saturated heterocycles. The van der Waals surface area contributed by atoms with Crippen LogP contribution in [0.4, 0.5) is 0 Å². The quantitative estimate of drug-likeness (QED) is 0.700. The molecule has 2 aromatic rings. The number of esters is 1. The van der Waals surface area contributed by atoms with Gasteiger partial charge in [-0.15, -0.1) is 0 Å². The first-order chi connectivity index (χ1) is 12.1. The first kappa shape index (κ1) is 17.7. The van der Waals surface area contributed by atoms with E-state index in [1.54, 1.807) is 11.5 Å². The average molecular weight is 427 g/mol. The van der Waals surface area contributed by atoms with Gasteiger partial charge >= 0.3 is 11.9 Å². The molecule has 0 unspecified atom stereocenters. The van der Waals surface area contributed by atoms with Crippen LogP contribution in [-0.2, 0) is 30.3 Å². The number of fused-ring (bicyclic) bond motifs is 1. The summed E-state index contributed by atoms with van der Waals surface area (Å²) in [5.41, 5.74) is 0.794. The molecule has 1 aliphatic rings. The summed E-state index contributed by atoms with van der Waals surface area (Å²) in [6, 6.07) is 5.63. The number of ether oxygens (including phenoxy) is 3. The maximum Gasteiger partial charge on any atom is 0.326 e. The molecule has 1 aromatic heterocycles. The van der Waals surface area contributed by atoms with E-state index in [1.807, 2.05) is 18.2 Å². The van der Waals surface area contributed by atoms with Crippen LogP contribution in [0.25, 0.3) is 10.2 Å². The van der Waals surface area contributed by atoms with Gasteiger partial charge in [0.15, 0.2) is 4.80 Å². The number of benzene rings is 1. The Hall–Kier alpha value is -2.13. The molecule has 2 heterocycles. The highest BCUT2D eigenvalue weighted by Crippen LogP contribution is 2.22. The molecule has 7 nitrogen and oxygen atoms in total. The second-order valence-electron chi connectivity index (χ2n) is 5.01. The molecule has 25 heavy (non-hydrogen) atoms. The predicted octanol–water partition coefficient (Wildman–Crippen LogP) is 2.34. The van der Waals surface area contributed by atoms with Gasteiger partial charge in [0.2, 0.25) is 5.76 Å². The minimum absolute atomic E-state index is 0.0298. The van der Waals surface area contributed by atoms with Crippen LogP contribution < -0.4 is 4.80 Å². The number of hydrogen-bond acceptors (Lipinski definition) is 6. The smallest absolute Gasteiger partial charge is 0.326 e. The van der Waals surface area contributed by atoms with E-state index in [0.29, 0.717) is 18.0 Å². The van der Waals surface area contributed by atoms with Gasteiger partial charge in [0.25, 0.3) is 0 Å². The second-order valence-corrected chi connectivity index (χ2v) is 6.93. The van der Waals surface area contributed by atoms with E-state index in [1.165, 1.54) is 17.6 Å². The Morgan fingerprint density at radius 1 is 1.40 bits per heavy atom. The van der Waals surface area contributed by atoms with Gasteiger partial charge in [-0.3, -0.25) is 9.59 Å². The lowest BCUT2D eigenvalue weighted by Gasteiger charge is -2.12. The molecular weight excluding hydrogens is 412 g/mol. The zero-order chi connectivity index (χ0) is 17.8. The van der Waals surface area contributed by atoms with Crippen molar-refractivity contribution in [2.45, 2.75) is 13.5 Å². The van der Waals surface area contributed by atoms with Crippen molar-refractivity contribution in [2.24, 2.45) is 4.99 Å². The minimum Gasteiger partial charge on any atom is -0.494 e. The van der Waals surface area contributed by atoms with Crippen molar-refractivity contribution in [3.8, 4) is 0 Å². The van der Waals surface area contributed by atoms with Crippen LogP contribution in [0, 0.1) is 0 Å². The van der Waals surface area contributed by atoms with Crippen LogP contribution in [-0.4, -0.2) is 36.3 Å². The summed E-state index contributed by atoms with van der Waals surface area (Å²) in [5, 5.41) is 0. The Labute approximate surface area is 155 Å². The summed E-state index contributed by atoms with van der Waals surface area (Å²) in [5.74, 6) is -0.897. The van der Waals surface area contributed by atoms with Crippen LogP contribution in [0.3, 0.4) is 0 Å². The third kappa shape index (κ3) is 4.10. The fraction of sp³-hybridized carbons (Fsp3) is 0.312. The average Bonchev–Trinajstić information content (AvgIpc) is 2.92. The highest BCUT2D eigenvalue weighted by atomic mass is 79.9. The standard InChI is InChI=1S/C16H15BrN2O5S/c1-2-23-14(20)8-19-11-4-3-10(17)7-13(11)25-16(19)18-15(21)12-9-22-5-6-24-12/h3-4,7,9H,2,5-6,8H2,1H3. The van der Waals surface area contributed by atoms with Crippen LogP contribution in [0.15, 0.2) is 39.7 Å². The molecule has 0 saturated carbocycles. The van der Waals surface area contributed by atoms with E-state index in [2.05, 4.69) is 20.9 Å². The molecule has 0 aliphatic carbocycles. The van der Waals surface area contributed by atoms with Gasteiger partial charge < -0.3 is 18.8 Å². The summed E-state index contributed by atoms with van der Waals surface area (Å²) in [7, 11) is 0. The molecule has 0 bridgehead atoms. The SMILES string of the molecule is CCOC(=O)Cn1c(=NC(=O)C2=COCCO2)sc2cc(Br)ccc21. The highest BCUT2D eigenvalue weighted by Gasteiger charge is 2.17. The van der Waals surface area contributed by atoms with Crippen molar-refractivity contribution in [1.82, 2.24) is 4.57 Å². The fourth-order valence-corrected chi connectivity index (χ4v) is 3.82. The maximum absolute atomic E-state index is 12.3. The molecule has 1 amide bonds. The summed E-state index contributed by atoms with van der Waals surface area (Å²) < 4.78 is 18.8. The van der Waals surface area contributed by atoms with E-state index < -0.39 is 11.9 Å². The summed E-state index contributed by atoms with van der Waals surface area (Å²) >= 11 is 4.72. The number of carbonyl (C=O) groups excluding carboxylic acids is 2. The lowest BCUT2D eigenvalue weighted by molar-refractivity contribution is -0.143. The first-order valence-corrected chi connectivity index (χ1v) is 9.17. The van der Waals surface area contributed by atoms with Crippen molar-refractivity contribution < 1.29 is 23.8 Å². The first-order valence-electron chi connectivity index (χ1n) is 7.56. The highest BCUT2D eigenvalue weighted by molar-refractivity contribution is 9.10. The maximum atomic E-state index is 12.3. The molecule has 0 spiro atoms. The number of thiazole rings is 1. The van der Waals surface area contributed by atoms with Crippen molar-refractivity contribution in [2.75, 3.05) is 19.8 Å². The lowest BCUT2D eigenvalue weighted by atomic mass is 10.3. The van der Waals surface area contributed by atoms with E-state index >= 15 is 0 Å². The number of amides is 1. The number of nitrogens with zero attached hydrogens (tertiary/aromatic N) is 2. The minimum atomic E-state index is -0.553. The van der Waals surface area contributed by atoms with Gasteiger partial charge in [-0.25, -0.2) is 0 Å². The largest absolute Gasteiger partial charge is 0.494 e. The van der Waals surface area contributed by atoms with Crippen LogP contribution in [0.5, 0.6) is 0 Å². The van der Waals surface area contributed by atoms with Gasteiger partial charge in [-0.2, -0.15) is 4.99 Å². The van der Waals surface area contributed by atoms with E-state index in [0.717, 1.165) is 14.7 Å². The number of carbonyl (C=O) groups is 2. The Morgan fingerprint density at radius 3 is 2.96 bits per heavy atom. The van der Waals surface area contributed by atoms with Crippen LogP contribution in [0.1, 0.15) is 6.92 Å². The Balaban J connectivity index is 2.05. The Morgan fingerprint density at radius 2 is 2.24 bits per heavy atom. The molecule has 0 fully saturated rings. The molecule has 3 rings (SSSR count). The summed E-state index contributed by atoms with van der Waals surface area (Å²) in [4.78, 5) is 28.7. The molecule has 0 N–H and O–H groups in total. The fourth-order valence-electron chi connectivity index (χ4n) is 2.24. The van der Waals surface area contributed by atoms with Gasteiger partial charge in [-0.1, -0.05) is 27.3 Å². The normalized spacial score (nSPS) is 14.6. The molecule has 1 aliphatic heterocycles. The molecule has 1 aromatic carbocycles. The Bertz CT molecular complexity index is 915. The van der Waals surface area contributed by atoms with Crippen molar-refractivity contribution in [3.63, 3.8) is 0 Å². The topological polar surface area (TPSA) is 79.1 Å². The second kappa shape index (κ2) is 7.83. The van der Waals surface area contributed by atoms with E-state index in [4.69, 9.17) is 14.2 Å². The van der Waals surface area contributed by atoms with Crippen molar-refractivity contribution in [3.05, 3.63) is 39.5 Å². The zero-order valence-corrected chi connectivity index (χ0v) is 15.8. The Kier molecular flexibility index (Phi) is 5.54. The molecule has 132 valence electrons. The van der Waals surface area contributed by atoms with Gasteiger partial charge in [0.05, 0.1) is 16.8 Å². The van der Waals surface area contributed by atoms with Gasteiger partial charge in [0.1, 0.15) is 26.0 Å². The van der Waals surface area contributed by atoms with Crippen molar-refractivity contribution >= 4 is 49.4 Å². The zero-order valence-electron chi connectivity index (χ0n) is 13.4. The molecular formula is C16H15BrN2O5S. The van der Waals surface area contributed by atoms with Gasteiger partial charge in [-0.05, 0) is 25.1 Å². The number of rotatable bonds is 4. The third-order valence-corrected chi connectivity index (χ3v) is 4.83. The molecule has 0 radical (unpaired) electrons. The molecule has 0 atom stereocenters. The predicted molar refractivity (Wildman–Crippen MR) is 94.7 cm³/mol. The van der Waals surface area contributed by atoms with E-state index in [-0.39, 0.29) is 18.9 Å². The number of halogens is 1. The summed E-state index contributed by atoms with van der Waals surface area (Å²) in [6.07, 6.45) is 1.26.